The number of carboxylic acid groups (broad SMARTS) is 1. The molecule has 0 spiro atoms. The number of nitrogens with one attached hydrogen (secondary N) is 2. The molecule has 34 heavy (non-hydrogen) atoms. The van der Waals surface area contributed by atoms with Gasteiger partial charge >= 0.3 is 5.97 Å². The number of hydrogen-bond donors (Lipinski definition) is 3. The second kappa shape index (κ2) is 9.45. The van der Waals surface area contributed by atoms with Crippen molar-refractivity contribution < 1.29 is 9.90 Å². The molecular formula is C25H25N7O2. The van der Waals surface area contributed by atoms with Crippen molar-refractivity contribution in [3.8, 4) is 6.07 Å². The molecule has 0 saturated carbocycles. The van der Waals surface area contributed by atoms with Crippen LogP contribution in [0.25, 0.3) is 0 Å². The fraction of sp³-hybridized carbons (Fsp3) is 0.320. The van der Waals surface area contributed by atoms with Gasteiger partial charge in [0.2, 0.25) is 0 Å². The summed E-state index contributed by atoms with van der Waals surface area (Å²) < 4.78 is 0. The van der Waals surface area contributed by atoms with E-state index in [-0.39, 0.29) is 17.3 Å². The number of nitriles is 1. The van der Waals surface area contributed by atoms with Gasteiger partial charge in [-0.2, -0.15) is 5.26 Å². The van der Waals surface area contributed by atoms with Gasteiger partial charge in [0.15, 0.2) is 5.69 Å². The third-order valence-corrected chi connectivity index (χ3v) is 6.61. The number of anilines is 3. The van der Waals surface area contributed by atoms with Crippen molar-refractivity contribution in [2.45, 2.75) is 50.4 Å². The largest absolute Gasteiger partial charge is 0.478 e. The highest BCUT2D eigenvalue weighted by Crippen LogP contribution is 2.38. The van der Waals surface area contributed by atoms with E-state index in [9.17, 15) is 9.90 Å². The van der Waals surface area contributed by atoms with E-state index in [1.165, 1.54) is 37.0 Å². The number of fused-ring (bicyclic) bond motifs is 2. The number of nitrogens with zero attached hydrogens (tertiary/aromatic N) is 5. The molecule has 9 heteroatoms. The van der Waals surface area contributed by atoms with Crippen LogP contribution >= 0.6 is 0 Å². The maximum atomic E-state index is 11.8. The molecule has 0 amide bonds. The van der Waals surface area contributed by atoms with E-state index in [0.29, 0.717) is 29.4 Å². The summed E-state index contributed by atoms with van der Waals surface area (Å²) in [5.41, 5.74) is 2.22. The van der Waals surface area contributed by atoms with Crippen molar-refractivity contribution in [2.24, 2.45) is 0 Å². The molecule has 3 N–H and O–H groups in total. The van der Waals surface area contributed by atoms with Gasteiger partial charge in [-0.25, -0.2) is 19.7 Å². The van der Waals surface area contributed by atoms with Crippen LogP contribution in [0.4, 0.5) is 17.3 Å². The first-order valence-corrected chi connectivity index (χ1v) is 11.4. The Bertz CT molecular complexity index is 1200. The first-order valence-electron chi connectivity index (χ1n) is 11.4. The van der Waals surface area contributed by atoms with Crippen LogP contribution in [0.5, 0.6) is 0 Å². The second-order valence-corrected chi connectivity index (χ2v) is 8.80. The lowest BCUT2D eigenvalue weighted by Crippen LogP contribution is -2.46. The Balaban J connectivity index is 1.30. The minimum Gasteiger partial charge on any atom is -0.478 e. The SMILES string of the molecule is N#Cc1cnc(Nc2cc(NC3C[C@H]4CC[C@@H](C3)N4Cc3ccccc3)c(C(=O)O)cn2)cn1. The van der Waals surface area contributed by atoms with E-state index < -0.39 is 5.97 Å². The molecule has 2 bridgehead atoms. The first kappa shape index (κ1) is 21.8. The molecule has 172 valence electrons. The van der Waals surface area contributed by atoms with Crippen LogP contribution in [0.15, 0.2) is 55.0 Å². The lowest BCUT2D eigenvalue weighted by molar-refractivity contribution is 0.0697. The van der Waals surface area contributed by atoms with Crippen LogP contribution in [0.2, 0.25) is 0 Å². The Labute approximate surface area is 197 Å². The maximum absolute atomic E-state index is 11.8. The number of rotatable bonds is 7. The molecule has 5 rings (SSSR count). The van der Waals surface area contributed by atoms with Crippen molar-refractivity contribution in [3.05, 3.63) is 71.8 Å². The predicted octanol–water partition coefficient (Wildman–Crippen LogP) is 3.79. The molecule has 9 nitrogen and oxygen atoms in total. The molecule has 2 saturated heterocycles. The van der Waals surface area contributed by atoms with Crippen LogP contribution in [-0.4, -0.2) is 49.1 Å². The number of hydrogen-bond acceptors (Lipinski definition) is 8. The van der Waals surface area contributed by atoms with Gasteiger partial charge in [-0.05, 0) is 31.2 Å². The molecule has 1 unspecified atom stereocenters. The van der Waals surface area contributed by atoms with E-state index in [1.807, 2.05) is 12.1 Å². The van der Waals surface area contributed by atoms with Crippen molar-refractivity contribution >= 4 is 23.3 Å². The van der Waals surface area contributed by atoms with E-state index in [1.54, 1.807) is 6.07 Å². The molecule has 0 radical (unpaired) electrons. The number of carboxylic acids is 1. The van der Waals surface area contributed by atoms with E-state index in [2.05, 4.69) is 54.8 Å². The number of aromatic carboxylic acids is 1. The van der Waals surface area contributed by atoms with Gasteiger partial charge in [-0.15, -0.1) is 0 Å². The predicted molar refractivity (Wildman–Crippen MR) is 127 cm³/mol. The molecule has 2 aliphatic heterocycles. The van der Waals surface area contributed by atoms with Gasteiger partial charge in [-0.3, -0.25) is 4.90 Å². The lowest BCUT2D eigenvalue weighted by atomic mass is 9.96. The molecule has 3 atom stereocenters. The van der Waals surface area contributed by atoms with Crippen molar-refractivity contribution in [2.75, 3.05) is 10.6 Å². The van der Waals surface area contributed by atoms with Gasteiger partial charge in [-0.1, -0.05) is 30.3 Å². The van der Waals surface area contributed by atoms with Crippen molar-refractivity contribution in [1.29, 1.82) is 5.26 Å². The smallest absolute Gasteiger partial charge is 0.339 e. The van der Waals surface area contributed by atoms with Gasteiger partial charge in [0.1, 0.15) is 23.3 Å². The van der Waals surface area contributed by atoms with E-state index in [4.69, 9.17) is 5.26 Å². The minimum absolute atomic E-state index is 0.135. The molecule has 4 heterocycles. The Morgan fingerprint density at radius 2 is 1.79 bits per heavy atom. The Morgan fingerprint density at radius 1 is 1.06 bits per heavy atom. The average molecular weight is 456 g/mol. The molecule has 1 aromatic carbocycles. The third-order valence-electron chi connectivity index (χ3n) is 6.61. The number of piperidine rings is 1. The summed E-state index contributed by atoms with van der Waals surface area (Å²) in [6.07, 6.45) is 8.43. The van der Waals surface area contributed by atoms with Crippen LogP contribution in [0, 0.1) is 11.3 Å². The highest BCUT2D eigenvalue weighted by atomic mass is 16.4. The zero-order chi connectivity index (χ0) is 23.5. The summed E-state index contributed by atoms with van der Waals surface area (Å²) >= 11 is 0. The Kier molecular flexibility index (Phi) is 6.06. The van der Waals surface area contributed by atoms with Gasteiger partial charge in [0.25, 0.3) is 0 Å². The minimum atomic E-state index is -1.02. The van der Waals surface area contributed by atoms with E-state index >= 15 is 0 Å². The Morgan fingerprint density at radius 3 is 2.44 bits per heavy atom. The summed E-state index contributed by atoms with van der Waals surface area (Å²) in [5, 5.41) is 25.1. The van der Waals surface area contributed by atoms with Crippen LogP contribution in [0.1, 0.15) is 47.3 Å². The topological polar surface area (TPSA) is 127 Å². The van der Waals surface area contributed by atoms with Gasteiger partial charge in [0.05, 0.1) is 18.1 Å². The fourth-order valence-corrected chi connectivity index (χ4v) is 5.06. The zero-order valence-electron chi connectivity index (χ0n) is 18.6. The number of benzene rings is 1. The summed E-state index contributed by atoms with van der Waals surface area (Å²) in [6.45, 7) is 0.957. The van der Waals surface area contributed by atoms with Crippen LogP contribution in [-0.2, 0) is 6.54 Å². The molecule has 0 aliphatic carbocycles. The van der Waals surface area contributed by atoms with Crippen LogP contribution < -0.4 is 10.6 Å². The molecule has 3 aromatic rings. The zero-order valence-corrected chi connectivity index (χ0v) is 18.6. The summed E-state index contributed by atoms with van der Waals surface area (Å²) in [6, 6.07) is 15.3. The molecule has 2 aliphatic rings. The molecular weight excluding hydrogens is 430 g/mol. The summed E-state index contributed by atoms with van der Waals surface area (Å²) in [5.74, 6) is -0.145. The monoisotopic (exact) mass is 455 g/mol. The average Bonchev–Trinajstić information content (AvgIpc) is 3.07. The Hall–Kier alpha value is -4.03. The highest BCUT2D eigenvalue weighted by molar-refractivity contribution is 5.94. The highest BCUT2D eigenvalue weighted by Gasteiger charge is 2.40. The number of carbonyl (C=O) groups is 1. The van der Waals surface area contributed by atoms with Crippen molar-refractivity contribution in [3.63, 3.8) is 0 Å². The number of aromatic nitrogens is 3. The second-order valence-electron chi connectivity index (χ2n) is 8.80. The first-order chi connectivity index (χ1) is 16.6. The van der Waals surface area contributed by atoms with E-state index in [0.717, 1.165) is 19.4 Å². The van der Waals surface area contributed by atoms with Crippen molar-refractivity contribution in [1.82, 2.24) is 19.9 Å². The summed E-state index contributed by atoms with van der Waals surface area (Å²) in [4.78, 5) is 26.8. The number of pyridine rings is 1. The fourth-order valence-electron chi connectivity index (χ4n) is 5.06. The standard InChI is InChI=1S/C25H25N7O2/c26-11-18-12-28-24(14-27-18)31-23-10-22(21(13-29-23)25(33)34)30-17-8-19-6-7-20(9-17)32(19)15-16-4-2-1-3-5-16/h1-5,10,12-14,17,19-20H,6-9,15H2,(H,33,34)(H2,28,29,30,31)/t17?,19-,20+. The van der Waals surface area contributed by atoms with Crippen LogP contribution in [0.3, 0.4) is 0 Å². The molecule has 2 fully saturated rings. The normalized spacial score (nSPS) is 21.6. The van der Waals surface area contributed by atoms with Gasteiger partial charge in [0, 0.05) is 36.9 Å². The quantitative estimate of drug-likeness (QED) is 0.487. The lowest BCUT2D eigenvalue weighted by Gasteiger charge is -2.39. The molecule has 2 aromatic heterocycles. The summed E-state index contributed by atoms with van der Waals surface area (Å²) in [7, 11) is 0. The third kappa shape index (κ3) is 4.67. The van der Waals surface area contributed by atoms with Gasteiger partial charge < -0.3 is 15.7 Å². The maximum Gasteiger partial charge on any atom is 0.339 e.